The van der Waals surface area contributed by atoms with Gasteiger partial charge in [-0.15, -0.1) is 6.42 Å². The maximum atomic E-state index is 11.6. The fourth-order valence-electron chi connectivity index (χ4n) is 1.08. The van der Waals surface area contributed by atoms with Crippen LogP contribution in [0.3, 0.4) is 0 Å². The molecule has 14 heavy (non-hydrogen) atoms. The minimum atomic E-state index is -0.211. The summed E-state index contributed by atoms with van der Waals surface area (Å²) >= 11 is 0. The average molecular weight is 191 g/mol. The van der Waals surface area contributed by atoms with Crippen molar-refractivity contribution in [2.24, 2.45) is 0 Å². The summed E-state index contributed by atoms with van der Waals surface area (Å²) < 4.78 is 0. The monoisotopic (exact) mass is 191 g/mol. The normalized spacial score (nSPS) is 11.8. The first-order valence-electron chi connectivity index (χ1n) is 4.46. The Morgan fingerprint density at radius 2 is 2.57 bits per heavy atom. The highest BCUT2D eigenvalue weighted by molar-refractivity contribution is 5.95. The number of aromatic amines is 1. The Kier molecular flexibility index (Phi) is 3.29. The van der Waals surface area contributed by atoms with Crippen LogP contribution in [0.5, 0.6) is 0 Å². The summed E-state index contributed by atoms with van der Waals surface area (Å²) in [6.45, 7) is 3.71. The van der Waals surface area contributed by atoms with Crippen LogP contribution in [-0.4, -0.2) is 22.1 Å². The molecule has 0 radical (unpaired) electrons. The Labute approximate surface area is 83.1 Å². The number of nitrogens with one attached hydrogen (secondary N) is 2. The predicted octanol–water partition coefficient (Wildman–Crippen LogP) is 0.860. The molecule has 1 unspecified atom stereocenters. The minimum absolute atomic E-state index is 0.180. The molecule has 0 saturated carbocycles. The zero-order valence-electron chi connectivity index (χ0n) is 8.29. The van der Waals surface area contributed by atoms with Crippen LogP contribution in [0.4, 0.5) is 0 Å². The Morgan fingerprint density at radius 3 is 3.00 bits per heavy atom. The van der Waals surface area contributed by atoms with Crippen LogP contribution in [0.2, 0.25) is 0 Å². The molecular weight excluding hydrogens is 178 g/mol. The molecule has 1 rings (SSSR count). The van der Waals surface area contributed by atoms with Gasteiger partial charge in [-0.05, 0) is 13.3 Å². The number of carbonyl (C=O) groups excluding carboxylic acids is 1. The molecule has 0 fully saturated rings. The van der Waals surface area contributed by atoms with Crippen molar-refractivity contribution in [2.45, 2.75) is 26.3 Å². The van der Waals surface area contributed by atoms with Crippen molar-refractivity contribution in [3.63, 3.8) is 0 Å². The van der Waals surface area contributed by atoms with E-state index in [2.05, 4.69) is 21.4 Å². The third-order valence-corrected chi connectivity index (χ3v) is 1.99. The number of hydrogen-bond donors (Lipinski definition) is 2. The zero-order chi connectivity index (χ0) is 10.6. The second-order valence-corrected chi connectivity index (χ2v) is 3.01. The molecule has 0 aromatic carbocycles. The molecule has 0 aliphatic carbocycles. The molecule has 4 nitrogen and oxygen atoms in total. The van der Waals surface area contributed by atoms with Crippen molar-refractivity contribution >= 4 is 5.91 Å². The summed E-state index contributed by atoms with van der Waals surface area (Å²) in [6, 6.07) is -0.211. The van der Waals surface area contributed by atoms with Gasteiger partial charge in [-0.2, -0.15) is 5.10 Å². The fraction of sp³-hybridized carbons (Fsp3) is 0.400. The topological polar surface area (TPSA) is 57.8 Å². The predicted molar refractivity (Wildman–Crippen MR) is 53.7 cm³/mol. The second-order valence-electron chi connectivity index (χ2n) is 3.01. The lowest BCUT2D eigenvalue weighted by atomic mass is 10.2. The van der Waals surface area contributed by atoms with Crippen molar-refractivity contribution in [1.82, 2.24) is 15.5 Å². The molecule has 1 heterocycles. The van der Waals surface area contributed by atoms with E-state index >= 15 is 0 Å². The smallest absolute Gasteiger partial charge is 0.255 e. The van der Waals surface area contributed by atoms with Gasteiger partial charge in [0.15, 0.2) is 0 Å². The first-order valence-corrected chi connectivity index (χ1v) is 4.46. The third kappa shape index (κ3) is 2.13. The van der Waals surface area contributed by atoms with E-state index in [-0.39, 0.29) is 11.9 Å². The van der Waals surface area contributed by atoms with Crippen LogP contribution < -0.4 is 5.32 Å². The van der Waals surface area contributed by atoms with Gasteiger partial charge in [0.25, 0.3) is 5.91 Å². The summed E-state index contributed by atoms with van der Waals surface area (Å²) in [7, 11) is 0. The summed E-state index contributed by atoms with van der Waals surface area (Å²) in [5.41, 5.74) is 1.29. The Bertz CT molecular complexity index is 362. The van der Waals surface area contributed by atoms with Gasteiger partial charge in [0, 0.05) is 5.69 Å². The molecule has 1 aromatic heterocycles. The molecule has 4 heteroatoms. The van der Waals surface area contributed by atoms with Crippen LogP contribution in [0.1, 0.15) is 29.4 Å². The number of rotatable bonds is 3. The zero-order valence-corrected chi connectivity index (χ0v) is 8.29. The van der Waals surface area contributed by atoms with Gasteiger partial charge in [0.2, 0.25) is 0 Å². The molecule has 1 amide bonds. The van der Waals surface area contributed by atoms with E-state index in [4.69, 9.17) is 6.42 Å². The average Bonchev–Trinajstić information content (AvgIpc) is 2.60. The lowest BCUT2D eigenvalue weighted by Crippen LogP contribution is -2.33. The fourth-order valence-corrected chi connectivity index (χ4v) is 1.08. The lowest BCUT2D eigenvalue weighted by molar-refractivity contribution is 0.0944. The molecule has 0 aliphatic heterocycles. The van der Waals surface area contributed by atoms with Gasteiger partial charge in [-0.25, -0.2) is 0 Å². The number of terminal acetylenes is 1. The highest BCUT2D eigenvalue weighted by Gasteiger charge is 2.13. The van der Waals surface area contributed by atoms with Crippen molar-refractivity contribution in [1.29, 1.82) is 0 Å². The molecule has 0 aliphatic rings. The minimum Gasteiger partial charge on any atom is -0.338 e. The first-order chi connectivity index (χ1) is 6.69. The van der Waals surface area contributed by atoms with Crippen molar-refractivity contribution in [3.05, 3.63) is 17.5 Å². The van der Waals surface area contributed by atoms with Gasteiger partial charge in [0.1, 0.15) is 0 Å². The van der Waals surface area contributed by atoms with Crippen LogP contribution in [0.25, 0.3) is 0 Å². The van der Waals surface area contributed by atoms with Crippen LogP contribution in [-0.2, 0) is 0 Å². The SMILES string of the molecule is C#CC(CC)NC(=O)c1cn[nH]c1C. The molecular formula is C10H13N3O. The lowest BCUT2D eigenvalue weighted by Gasteiger charge is -2.09. The van der Waals surface area contributed by atoms with E-state index in [9.17, 15) is 4.79 Å². The number of aryl methyl sites for hydroxylation is 1. The highest BCUT2D eigenvalue weighted by atomic mass is 16.1. The van der Waals surface area contributed by atoms with E-state index in [0.717, 1.165) is 12.1 Å². The summed E-state index contributed by atoms with van der Waals surface area (Å²) in [5.74, 6) is 2.32. The second kappa shape index (κ2) is 4.47. The maximum Gasteiger partial charge on any atom is 0.255 e. The van der Waals surface area contributed by atoms with Crippen molar-refractivity contribution in [3.8, 4) is 12.3 Å². The number of carbonyl (C=O) groups is 1. The molecule has 0 saturated heterocycles. The Morgan fingerprint density at radius 1 is 1.86 bits per heavy atom. The molecule has 2 N–H and O–H groups in total. The number of hydrogen-bond acceptors (Lipinski definition) is 2. The first kappa shape index (κ1) is 10.3. The Hall–Kier alpha value is -1.76. The number of H-pyrrole nitrogens is 1. The standard InChI is InChI=1S/C10H13N3O/c1-4-8(5-2)12-10(14)9-6-11-13-7(9)3/h1,6,8H,5H2,2-3H3,(H,11,13)(H,12,14). The van der Waals surface area contributed by atoms with E-state index < -0.39 is 0 Å². The van der Waals surface area contributed by atoms with E-state index in [0.29, 0.717) is 5.56 Å². The van der Waals surface area contributed by atoms with Gasteiger partial charge in [-0.1, -0.05) is 12.8 Å². The van der Waals surface area contributed by atoms with Gasteiger partial charge in [-0.3, -0.25) is 9.89 Å². The number of aromatic nitrogens is 2. The summed E-state index contributed by atoms with van der Waals surface area (Å²) in [5, 5.41) is 9.19. The third-order valence-electron chi connectivity index (χ3n) is 1.99. The molecule has 1 atom stereocenters. The van der Waals surface area contributed by atoms with Gasteiger partial charge < -0.3 is 5.32 Å². The number of nitrogens with zero attached hydrogens (tertiary/aromatic N) is 1. The maximum absolute atomic E-state index is 11.6. The molecule has 0 bridgehead atoms. The van der Waals surface area contributed by atoms with Crippen LogP contribution >= 0.6 is 0 Å². The molecule has 74 valence electrons. The summed E-state index contributed by atoms with van der Waals surface area (Å²) in [6.07, 6.45) is 7.45. The van der Waals surface area contributed by atoms with Crippen LogP contribution in [0, 0.1) is 19.3 Å². The van der Waals surface area contributed by atoms with E-state index in [1.165, 1.54) is 6.20 Å². The molecule has 0 spiro atoms. The van der Waals surface area contributed by atoms with Gasteiger partial charge >= 0.3 is 0 Å². The Balaban J connectivity index is 2.69. The quantitative estimate of drug-likeness (QED) is 0.696. The van der Waals surface area contributed by atoms with Gasteiger partial charge in [0.05, 0.1) is 17.8 Å². The van der Waals surface area contributed by atoms with Crippen molar-refractivity contribution < 1.29 is 4.79 Å². The number of amides is 1. The summed E-state index contributed by atoms with van der Waals surface area (Å²) in [4.78, 5) is 11.6. The van der Waals surface area contributed by atoms with E-state index in [1.54, 1.807) is 6.92 Å². The van der Waals surface area contributed by atoms with E-state index in [1.807, 2.05) is 6.92 Å². The largest absolute Gasteiger partial charge is 0.338 e. The van der Waals surface area contributed by atoms with Crippen LogP contribution in [0.15, 0.2) is 6.20 Å². The molecule has 1 aromatic rings. The highest BCUT2D eigenvalue weighted by Crippen LogP contribution is 2.02. The van der Waals surface area contributed by atoms with Crippen molar-refractivity contribution in [2.75, 3.05) is 0 Å².